The summed E-state index contributed by atoms with van der Waals surface area (Å²) in [6.07, 6.45) is -9.96. The zero-order valence-electron chi connectivity index (χ0n) is 42.7. The molecule has 0 bridgehead atoms. The molecule has 2 saturated heterocycles. The molecule has 0 saturated carbocycles. The number of carbonyl (C=O) groups excluding carboxylic acids is 1. The quantitative estimate of drug-likeness (QED) is 0.0554. The molecule has 2 fully saturated rings. The molecule has 2 aliphatic heterocycles. The van der Waals surface area contributed by atoms with Gasteiger partial charge >= 0.3 is 6.09 Å². The van der Waals surface area contributed by atoms with Crippen LogP contribution in [0.5, 0.6) is 0 Å². The highest BCUT2D eigenvalue weighted by molar-refractivity contribution is 5.68. The SMILES string of the molecule is CO[C@@H]1O[C@H](COCc2ccccc2)[C@@H](OC(=O)N[C@@H]2O[C@H](COCc3ccccc3)[C@@H](OCc3ccccc3)[C@H](OCc3ccccc3)[C@H]2OCc2ccccc2)[C@H](OCc2ccccc2)[C@H]1OCc1ccccc1. The fourth-order valence-corrected chi connectivity index (χ4v) is 9.29. The van der Waals surface area contributed by atoms with Gasteiger partial charge < -0.3 is 52.1 Å². The number of hydrogen-bond donors (Lipinski definition) is 1. The molecule has 13 heteroatoms. The van der Waals surface area contributed by atoms with E-state index in [-0.39, 0.29) is 52.9 Å². The number of hydrogen-bond acceptors (Lipinski definition) is 12. The number of benzene rings is 7. The summed E-state index contributed by atoms with van der Waals surface area (Å²) in [4.78, 5) is 15.1. The first kappa shape index (κ1) is 54.2. The number of ether oxygens (including phenoxy) is 11. The van der Waals surface area contributed by atoms with E-state index < -0.39 is 67.4 Å². The molecule has 396 valence electrons. The molecule has 0 unspecified atom stereocenters. The number of amides is 1. The normalized spacial score (nSPS) is 23.4. The van der Waals surface area contributed by atoms with Gasteiger partial charge in [-0.1, -0.05) is 212 Å². The number of carbonyl (C=O) groups is 1. The van der Waals surface area contributed by atoms with Crippen LogP contribution in [0.4, 0.5) is 4.79 Å². The fourth-order valence-electron chi connectivity index (χ4n) is 9.29. The van der Waals surface area contributed by atoms with Gasteiger partial charge in [0.1, 0.15) is 42.7 Å². The molecule has 0 aliphatic carbocycles. The summed E-state index contributed by atoms with van der Waals surface area (Å²) in [6.45, 7) is 1.70. The molecule has 76 heavy (non-hydrogen) atoms. The predicted octanol–water partition coefficient (Wildman–Crippen LogP) is 10.5. The monoisotopic (exact) mass is 1030 g/mol. The first-order valence-corrected chi connectivity index (χ1v) is 25.9. The lowest BCUT2D eigenvalue weighted by Gasteiger charge is -2.47. The zero-order valence-corrected chi connectivity index (χ0v) is 42.7. The lowest BCUT2D eigenvalue weighted by atomic mass is 9.96. The molecule has 9 rings (SSSR count). The predicted molar refractivity (Wildman–Crippen MR) is 285 cm³/mol. The Morgan fingerprint density at radius 1 is 0.368 bits per heavy atom. The van der Waals surface area contributed by atoms with Gasteiger partial charge in [-0.15, -0.1) is 0 Å². The average molecular weight is 1030 g/mol. The van der Waals surface area contributed by atoms with Crippen molar-refractivity contribution in [3.05, 3.63) is 251 Å². The summed E-state index contributed by atoms with van der Waals surface area (Å²) in [5, 5.41) is 3.08. The Hall–Kier alpha value is -6.59. The van der Waals surface area contributed by atoms with Gasteiger partial charge in [0, 0.05) is 7.11 Å². The maximum absolute atomic E-state index is 15.1. The van der Waals surface area contributed by atoms with E-state index in [1.54, 1.807) is 7.11 Å². The van der Waals surface area contributed by atoms with Crippen molar-refractivity contribution >= 4 is 6.09 Å². The lowest BCUT2D eigenvalue weighted by Crippen LogP contribution is -2.66. The Balaban J connectivity index is 1.04. The second kappa shape index (κ2) is 29.1. The summed E-state index contributed by atoms with van der Waals surface area (Å²) in [6, 6.07) is 68.9. The minimum atomic E-state index is -1.16. The topological polar surface area (TPSA) is 131 Å². The van der Waals surface area contributed by atoms with Crippen molar-refractivity contribution in [1.29, 1.82) is 0 Å². The second-order valence-corrected chi connectivity index (χ2v) is 18.7. The average Bonchev–Trinajstić information content (AvgIpc) is 3.48. The third kappa shape index (κ3) is 16.0. The number of rotatable bonds is 26. The largest absolute Gasteiger partial charge is 0.440 e. The molecule has 7 aromatic carbocycles. The Morgan fingerprint density at radius 2 is 0.671 bits per heavy atom. The molecule has 13 nitrogen and oxygen atoms in total. The van der Waals surface area contributed by atoms with Crippen LogP contribution in [0.15, 0.2) is 212 Å². The van der Waals surface area contributed by atoms with Crippen LogP contribution < -0.4 is 5.32 Å². The van der Waals surface area contributed by atoms with Crippen molar-refractivity contribution in [2.45, 2.75) is 108 Å². The number of methoxy groups -OCH3 is 1. The van der Waals surface area contributed by atoms with Gasteiger partial charge in [-0.25, -0.2) is 4.79 Å². The molecule has 1 N–H and O–H groups in total. The summed E-state index contributed by atoms with van der Waals surface area (Å²) in [5.41, 5.74) is 6.60. The number of alkyl carbamates (subject to hydrolysis) is 1. The van der Waals surface area contributed by atoms with E-state index in [0.717, 1.165) is 38.9 Å². The Morgan fingerprint density at radius 3 is 1.04 bits per heavy atom. The van der Waals surface area contributed by atoms with Crippen LogP contribution in [0.2, 0.25) is 0 Å². The van der Waals surface area contributed by atoms with E-state index in [2.05, 4.69) is 5.32 Å². The first-order valence-electron chi connectivity index (χ1n) is 25.9. The van der Waals surface area contributed by atoms with Gasteiger partial charge in [0.15, 0.2) is 18.6 Å². The highest BCUT2D eigenvalue weighted by Gasteiger charge is 2.52. The van der Waals surface area contributed by atoms with Crippen molar-refractivity contribution in [3.63, 3.8) is 0 Å². The summed E-state index contributed by atoms with van der Waals surface area (Å²) < 4.78 is 73.2. The van der Waals surface area contributed by atoms with Crippen molar-refractivity contribution in [3.8, 4) is 0 Å². The summed E-state index contributed by atoms with van der Waals surface area (Å²) in [7, 11) is 1.55. The van der Waals surface area contributed by atoms with Crippen LogP contribution in [0, 0.1) is 0 Å². The molecule has 7 aromatic rings. The van der Waals surface area contributed by atoms with Gasteiger partial charge in [0.25, 0.3) is 0 Å². The van der Waals surface area contributed by atoms with Crippen LogP contribution in [0.3, 0.4) is 0 Å². The van der Waals surface area contributed by atoms with Crippen LogP contribution in [0.1, 0.15) is 38.9 Å². The summed E-state index contributed by atoms with van der Waals surface area (Å²) in [5.74, 6) is 0. The minimum absolute atomic E-state index is 0.0166. The Bertz CT molecular complexity index is 2700. The molecular weight excluding hydrogens is 963 g/mol. The number of nitrogens with one attached hydrogen (secondary N) is 1. The fraction of sp³-hybridized carbons (Fsp3) is 0.317. The van der Waals surface area contributed by atoms with Gasteiger partial charge in [-0.3, -0.25) is 5.32 Å². The molecular formula is C63H67NO12. The van der Waals surface area contributed by atoms with E-state index in [4.69, 9.17) is 52.1 Å². The Kier molecular flexibility index (Phi) is 20.7. The summed E-state index contributed by atoms with van der Waals surface area (Å²) >= 11 is 0. The maximum Gasteiger partial charge on any atom is 0.409 e. The van der Waals surface area contributed by atoms with Crippen molar-refractivity contribution in [2.75, 3.05) is 20.3 Å². The molecule has 0 radical (unpaired) electrons. The van der Waals surface area contributed by atoms with Crippen molar-refractivity contribution in [2.24, 2.45) is 0 Å². The molecule has 0 aromatic heterocycles. The Labute approximate surface area is 445 Å². The zero-order chi connectivity index (χ0) is 52.0. The van der Waals surface area contributed by atoms with E-state index in [0.29, 0.717) is 6.61 Å². The minimum Gasteiger partial charge on any atom is -0.440 e. The third-order valence-corrected chi connectivity index (χ3v) is 13.2. The molecule has 2 heterocycles. The third-order valence-electron chi connectivity index (χ3n) is 13.2. The lowest BCUT2D eigenvalue weighted by molar-refractivity contribution is -0.315. The van der Waals surface area contributed by atoms with E-state index in [9.17, 15) is 0 Å². The molecule has 2 aliphatic rings. The molecule has 10 atom stereocenters. The van der Waals surface area contributed by atoms with Gasteiger partial charge in [-0.05, 0) is 38.9 Å². The van der Waals surface area contributed by atoms with Crippen molar-refractivity contribution in [1.82, 2.24) is 5.32 Å². The van der Waals surface area contributed by atoms with E-state index in [1.165, 1.54) is 0 Å². The van der Waals surface area contributed by atoms with E-state index in [1.807, 2.05) is 212 Å². The molecule has 1 amide bonds. The van der Waals surface area contributed by atoms with Crippen molar-refractivity contribution < 1.29 is 56.9 Å². The standard InChI is InChI=1S/C63H67NO12/c1-66-62-60(73-43-52-35-21-8-22-36-52)58(71-41-50-31-17-6-18-32-50)56(54(75-62)45-68-38-47-25-11-3-12-26-47)76-63(65)64-61-59(72-42-51-33-19-7-20-34-51)57(70-40-49-29-15-5-16-30-49)55(69-39-48-27-13-4-14-28-48)53(74-61)44-67-37-46-23-9-2-10-24-46/h2-36,53-62H,37-45H2,1H3,(H,64,65)/t53-,54-,55-,56-,57+,58+,59-,60-,61-,62-/m1/s1. The first-order chi connectivity index (χ1) is 37.6. The van der Waals surface area contributed by atoms with Gasteiger partial charge in [0.05, 0.1) is 59.5 Å². The van der Waals surface area contributed by atoms with Gasteiger partial charge in [0.2, 0.25) is 0 Å². The van der Waals surface area contributed by atoms with Crippen LogP contribution in [-0.2, 0) is 98.4 Å². The van der Waals surface area contributed by atoms with Gasteiger partial charge in [-0.2, -0.15) is 0 Å². The van der Waals surface area contributed by atoms with Crippen LogP contribution in [0.25, 0.3) is 0 Å². The van der Waals surface area contributed by atoms with Crippen LogP contribution >= 0.6 is 0 Å². The highest BCUT2D eigenvalue weighted by Crippen LogP contribution is 2.33. The van der Waals surface area contributed by atoms with E-state index >= 15 is 4.79 Å². The highest BCUT2D eigenvalue weighted by atomic mass is 16.7. The second-order valence-electron chi connectivity index (χ2n) is 18.7. The van der Waals surface area contributed by atoms with Crippen LogP contribution in [-0.4, -0.2) is 87.8 Å². The maximum atomic E-state index is 15.1. The molecule has 0 spiro atoms. The smallest absolute Gasteiger partial charge is 0.409 e.